The van der Waals surface area contributed by atoms with Crippen LogP contribution in [0.15, 0.2) is 0 Å². The molecule has 0 aliphatic carbocycles. The molecule has 0 rings (SSSR count). The molecule has 6 heteroatoms. The molecule has 0 aromatic carbocycles. The molecule has 32 valence electrons. The summed E-state index contributed by atoms with van der Waals surface area (Å²) in [5, 5.41) is 25.2. The van der Waals surface area contributed by atoms with Gasteiger partial charge in [0.15, 0.2) is 0 Å². The first-order chi connectivity index (χ1) is 1.73. The summed E-state index contributed by atoms with van der Waals surface area (Å²) in [5.41, 5.74) is 0. The molecule has 0 amide bonds. The van der Waals surface area contributed by atoms with Crippen LogP contribution in [0.2, 0.25) is 0 Å². The van der Waals surface area contributed by atoms with Gasteiger partial charge in [-0.25, -0.2) is 0 Å². The van der Waals surface area contributed by atoms with Gasteiger partial charge in [0.1, 0.15) is 0 Å². The van der Waals surface area contributed by atoms with Gasteiger partial charge < -0.3 is 15.1 Å². The largest absolute Gasteiger partial charge is 5.00 e. The van der Waals surface area contributed by atoms with Crippen molar-refractivity contribution in [2.24, 2.45) is 0 Å². The quantitative estimate of drug-likeness (QED) is 0.347. The summed E-state index contributed by atoms with van der Waals surface area (Å²) in [4.78, 5) is 0. The standard InChI is InChI=1S/BO3.Ni.V/c2-1(3)4;;/q-3;+2;+5. The van der Waals surface area contributed by atoms with Gasteiger partial charge in [-0.2, -0.15) is 0 Å². The molecule has 0 fully saturated rings. The molecule has 3 nitrogen and oxygen atoms in total. The van der Waals surface area contributed by atoms with Gasteiger partial charge >= 0.3 is 35.0 Å². The van der Waals surface area contributed by atoms with E-state index in [2.05, 4.69) is 0 Å². The van der Waals surface area contributed by atoms with E-state index in [1.54, 1.807) is 0 Å². The maximum atomic E-state index is 8.42. The normalized spacial score (nSPS) is 4.50. The van der Waals surface area contributed by atoms with E-state index >= 15 is 0 Å². The van der Waals surface area contributed by atoms with Crippen molar-refractivity contribution in [2.75, 3.05) is 0 Å². The Hall–Kier alpha value is 1.02. The zero-order valence-electron chi connectivity index (χ0n) is 2.57. The van der Waals surface area contributed by atoms with Crippen molar-refractivity contribution in [3.63, 3.8) is 0 Å². The van der Waals surface area contributed by atoms with Crippen LogP contribution in [0, 0.1) is 0 Å². The van der Waals surface area contributed by atoms with Gasteiger partial charge in [0.2, 0.25) is 0 Å². The number of hydrogen-bond donors (Lipinski definition) is 0. The molecule has 0 aromatic rings. The average molecular weight is 168 g/mol. The van der Waals surface area contributed by atoms with Crippen LogP contribution < -0.4 is 15.1 Å². The summed E-state index contributed by atoms with van der Waals surface area (Å²) in [6.07, 6.45) is 0. The fourth-order valence-electron chi connectivity index (χ4n) is 0. The molecule has 0 bridgehead atoms. The fourth-order valence-corrected chi connectivity index (χ4v) is 0. The Labute approximate surface area is 57.7 Å². The van der Waals surface area contributed by atoms with Gasteiger partial charge in [-0.15, -0.1) is 0 Å². The van der Waals surface area contributed by atoms with Crippen molar-refractivity contribution in [1.29, 1.82) is 0 Å². The Kier molecular flexibility index (Phi) is 24.6. The minimum absolute atomic E-state index is 0. The predicted octanol–water partition coefficient (Wildman–Crippen LogP) is -3.95. The average Bonchev–Trinajstić information content (AvgIpc) is 0.811. The third-order valence-electron chi connectivity index (χ3n) is 0. The number of hydrogen-bond acceptors (Lipinski definition) is 3. The SMILES string of the molecule is [Ni+2].[O-]B([O-])[O-].[V+5]. The summed E-state index contributed by atoms with van der Waals surface area (Å²) in [6.45, 7) is 0. The van der Waals surface area contributed by atoms with Crippen molar-refractivity contribution >= 4 is 7.32 Å². The van der Waals surface area contributed by atoms with E-state index in [1.807, 2.05) is 0 Å². The molecule has 0 N–H and O–H groups in total. The summed E-state index contributed by atoms with van der Waals surface area (Å²) < 4.78 is 0. The molecule has 0 radical (unpaired) electrons. The van der Waals surface area contributed by atoms with E-state index in [1.165, 1.54) is 0 Å². The van der Waals surface area contributed by atoms with Crippen LogP contribution in [0.25, 0.3) is 0 Å². The molecule has 0 unspecified atom stereocenters. The maximum absolute atomic E-state index is 8.42. The predicted molar refractivity (Wildman–Crippen MR) is 5.75 cm³/mol. The molecule has 0 spiro atoms. The molecule has 0 saturated carbocycles. The van der Waals surface area contributed by atoms with E-state index in [0.717, 1.165) is 0 Å². The molecule has 0 atom stereocenters. The van der Waals surface area contributed by atoms with E-state index in [9.17, 15) is 0 Å². The van der Waals surface area contributed by atoms with E-state index in [4.69, 9.17) is 15.1 Å². The minimum atomic E-state index is -2.92. The Bertz CT molecular complexity index is 15.5. The van der Waals surface area contributed by atoms with Crippen LogP contribution in [-0.4, -0.2) is 7.32 Å². The smallest absolute Gasteiger partial charge is 0.907 e. The third-order valence-corrected chi connectivity index (χ3v) is 0. The molecule has 0 aliphatic heterocycles. The van der Waals surface area contributed by atoms with Gasteiger partial charge in [-0.05, 0) is 0 Å². The van der Waals surface area contributed by atoms with Gasteiger partial charge in [-0.3, -0.25) is 7.32 Å². The Morgan fingerprint density at radius 1 is 1.00 bits per heavy atom. The first-order valence-electron chi connectivity index (χ1n) is 0.707. The van der Waals surface area contributed by atoms with Gasteiger partial charge in [0, 0.05) is 0 Å². The maximum Gasteiger partial charge on any atom is 5.00 e. The van der Waals surface area contributed by atoms with Crippen molar-refractivity contribution < 1.29 is 50.1 Å². The molecular weight excluding hydrogens is 168 g/mol. The Morgan fingerprint density at radius 2 is 1.00 bits per heavy atom. The summed E-state index contributed by atoms with van der Waals surface area (Å²) in [7, 11) is -2.92. The van der Waals surface area contributed by atoms with Gasteiger partial charge in [0.05, 0.1) is 0 Å². The molecule has 0 saturated heterocycles. The molecule has 0 heterocycles. The van der Waals surface area contributed by atoms with Crippen LogP contribution in [0.4, 0.5) is 0 Å². The van der Waals surface area contributed by atoms with Crippen LogP contribution in [-0.2, 0) is 35.0 Å². The van der Waals surface area contributed by atoms with Crippen LogP contribution in [0.1, 0.15) is 0 Å². The number of rotatable bonds is 0. The molecular formula is BNiO3V+4. The molecule has 6 heavy (non-hydrogen) atoms. The topological polar surface area (TPSA) is 69.2 Å². The second-order valence-electron chi connectivity index (χ2n) is 0.289. The first kappa shape index (κ1) is 15.7. The van der Waals surface area contributed by atoms with Gasteiger partial charge in [-0.1, -0.05) is 0 Å². The van der Waals surface area contributed by atoms with Crippen LogP contribution in [0.5, 0.6) is 0 Å². The second kappa shape index (κ2) is 9.39. The third kappa shape index (κ3) is 77.7. The van der Waals surface area contributed by atoms with E-state index in [0.29, 0.717) is 0 Å². The second-order valence-corrected chi connectivity index (χ2v) is 0.289. The summed E-state index contributed by atoms with van der Waals surface area (Å²) in [6, 6.07) is 0. The zero-order chi connectivity index (χ0) is 3.58. The van der Waals surface area contributed by atoms with E-state index < -0.39 is 7.32 Å². The summed E-state index contributed by atoms with van der Waals surface area (Å²) in [5.74, 6) is 0. The van der Waals surface area contributed by atoms with Gasteiger partial charge in [0.25, 0.3) is 0 Å². The minimum Gasteiger partial charge on any atom is -0.907 e. The van der Waals surface area contributed by atoms with Crippen molar-refractivity contribution in [2.45, 2.75) is 0 Å². The molecule has 0 aliphatic rings. The Balaban J connectivity index is -0.0000000450. The van der Waals surface area contributed by atoms with Crippen molar-refractivity contribution in [3.05, 3.63) is 0 Å². The first-order valence-corrected chi connectivity index (χ1v) is 0.707. The van der Waals surface area contributed by atoms with Crippen LogP contribution >= 0.6 is 0 Å². The molecule has 0 aromatic heterocycles. The summed E-state index contributed by atoms with van der Waals surface area (Å²) >= 11 is 0. The fraction of sp³-hybridized carbons (Fsp3) is 0. The monoisotopic (exact) mass is 168 g/mol. The van der Waals surface area contributed by atoms with Crippen LogP contribution in [0.3, 0.4) is 0 Å². The van der Waals surface area contributed by atoms with E-state index in [-0.39, 0.29) is 35.0 Å². The van der Waals surface area contributed by atoms with Crippen molar-refractivity contribution in [1.82, 2.24) is 0 Å². The Morgan fingerprint density at radius 3 is 1.00 bits per heavy atom. The zero-order valence-corrected chi connectivity index (χ0v) is 4.95. The van der Waals surface area contributed by atoms with Crippen molar-refractivity contribution in [3.8, 4) is 0 Å².